The van der Waals surface area contributed by atoms with Crippen LogP contribution in [-0.2, 0) is 0 Å². The molecule has 1 rings (SSSR count). The first kappa shape index (κ1) is 13.2. The molecular formula is C10H12N6O2. The SMILES string of the molecule is NC(=O)NN=Cc1ccc(C=NNC(N)=O)cc1. The van der Waals surface area contributed by atoms with E-state index in [1.165, 1.54) is 12.4 Å². The topological polar surface area (TPSA) is 135 Å². The average Bonchev–Trinajstić information content (AvgIpc) is 2.30. The summed E-state index contributed by atoms with van der Waals surface area (Å²) in [4.78, 5) is 20.7. The number of benzene rings is 1. The number of nitrogens with zero attached hydrogens (tertiary/aromatic N) is 2. The van der Waals surface area contributed by atoms with E-state index in [4.69, 9.17) is 11.5 Å². The summed E-state index contributed by atoms with van der Waals surface area (Å²) in [5.74, 6) is 0. The van der Waals surface area contributed by atoms with Gasteiger partial charge in [0.2, 0.25) is 0 Å². The number of hydrazone groups is 2. The van der Waals surface area contributed by atoms with Crippen molar-refractivity contribution < 1.29 is 9.59 Å². The molecular weight excluding hydrogens is 236 g/mol. The smallest absolute Gasteiger partial charge is 0.332 e. The van der Waals surface area contributed by atoms with Crippen LogP contribution in [0.3, 0.4) is 0 Å². The third-order valence-electron chi connectivity index (χ3n) is 1.71. The summed E-state index contributed by atoms with van der Waals surface area (Å²) in [5, 5.41) is 7.20. The Morgan fingerprint density at radius 2 is 1.22 bits per heavy atom. The first-order valence-electron chi connectivity index (χ1n) is 4.85. The van der Waals surface area contributed by atoms with Crippen molar-refractivity contribution in [3.05, 3.63) is 35.4 Å². The average molecular weight is 248 g/mol. The van der Waals surface area contributed by atoms with Crippen molar-refractivity contribution in [2.24, 2.45) is 21.7 Å². The van der Waals surface area contributed by atoms with Gasteiger partial charge in [-0.05, 0) is 11.1 Å². The number of primary amides is 2. The second-order valence-corrected chi connectivity index (χ2v) is 3.14. The lowest BCUT2D eigenvalue weighted by molar-refractivity contribution is 0.248. The second kappa shape index (κ2) is 6.63. The van der Waals surface area contributed by atoms with Crippen LogP contribution in [0.1, 0.15) is 11.1 Å². The van der Waals surface area contributed by atoms with Crippen LogP contribution in [0.5, 0.6) is 0 Å². The fourth-order valence-electron chi connectivity index (χ4n) is 1.01. The number of carbonyl (C=O) groups is 2. The third kappa shape index (κ3) is 5.26. The fraction of sp³-hybridized carbons (Fsp3) is 0. The van der Waals surface area contributed by atoms with Gasteiger partial charge in [-0.2, -0.15) is 10.2 Å². The van der Waals surface area contributed by atoms with Crippen LogP contribution in [0.25, 0.3) is 0 Å². The van der Waals surface area contributed by atoms with Gasteiger partial charge >= 0.3 is 12.1 Å². The highest BCUT2D eigenvalue weighted by Crippen LogP contribution is 1.99. The molecule has 0 fully saturated rings. The summed E-state index contributed by atoms with van der Waals surface area (Å²) in [6.07, 6.45) is 2.88. The fourth-order valence-corrected chi connectivity index (χ4v) is 1.01. The van der Waals surface area contributed by atoms with E-state index in [9.17, 15) is 9.59 Å². The lowest BCUT2D eigenvalue weighted by Crippen LogP contribution is -2.24. The number of nitrogens with two attached hydrogens (primary N) is 2. The largest absolute Gasteiger partial charge is 0.350 e. The highest BCUT2D eigenvalue weighted by atomic mass is 16.2. The van der Waals surface area contributed by atoms with Gasteiger partial charge < -0.3 is 11.5 Å². The predicted molar refractivity (Wildman–Crippen MR) is 67.1 cm³/mol. The van der Waals surface area contributed by atoms with Crippen LogP contribution in [0.2, 0.25) is 0 Å². The summed E-state index contributed by atoms with van der Waals surface area (Å²) in [6.45, 7) is 0. The maximum Gasteiger partial charge on any atom is 0.332 e. The number of amides is 4. The summed E-state index contributed by atoms with van der Waals surface area (Å²) in [5.41, 5.74) is 15.4. The molecule has 8 nitrogen and oxygen atoms in total. The van der Waals surface area contributed by atoms with Gasteiger partial charge in [-0.15, -0.1) is 0 Å². The van der Waals surface area contributed by atoms with Crippen molar-refractivity contribution in [2.45, 2.75) is 0 Å². The first-order chi connectivity index (χ1) is 8.58. The van der Waals surface area contributed by atoms with Gasteiger partial charge in [-0.1, -0.05) is 24.3 Å². The van der Waals surface area contributed by atoms with Gasteiger partial charge in [0.1, 0.15) is 0 Å². The molecule has 1 aromatic carbocycles. The number of nitrogens with one attached hydrogen (secondary N) is 2. The molecule has 0 heterocycles. The normalized spacial score (nSPS) is 10.7. The number of hydrogen-bond acceptors (Lipinski definition) is 4. The zero-order valence-electron chi connectivity index (χ0n) is 9.33. The lowest BCUT2D eigenvalue weighted by atomic mass is 10.2. The van der Waals surface area contributed by atoms with E-state index in [0.29, 0.717) is 0 Å². The number of urea groups is 2. The molecule has 6 N–H and O–H groups in total. The molecule has 0 aromatic heterocycles. The minimum Gasteiger partial charge on any atom is -0.350 e. The van der Waals surface area contributed by atoms with Gasteiger partial charge in [0.25, 0.3) is 0 Å². The van der Waals surface area contributed by atoms with Crippen molar-refractivity contribution >= 4 is 24.5 Å². The zero-order valence-corrected chi connectivity index (χ0v) is 9.33. The molecule has 0 saturated heterocycles. The molecule has 0 unspecified atom stereocenters. The van der Waals surface area contributed by atoms with E-state index < -0.39 is 12.1 Å². The lowest BCUT2D eigenvalue weighted by Gasteiger charge is -1.96. The minimum atomic E-state index is -0.729. The predicted octanol–water partition coefficient (Wildman–Crippen LogP) is -0.309. The third-order valence-corrected chi connectivity index (χ3v) is 1.71. The Labute approximate surface area is 103 Å². The first-order valence-corrected chi connectivity index (χ1v) is 4.85. The second-order valence-electron chi connectivity index (χ2n) is 3.14. The summed E-state index contributed by atoms with van der Waals surface area (Å²) >= 11 is 0. The minimum absolute atomic E-state index is 0.729. The molecule has 1 aromatic rings. The Morgan fingerprint density at radius 3 is 1.50 bits per heavy atom. The van der Waals surface area contributed by atoms with E-state index in [-0.39, 0.29) is 0 Å². The monoisotopic (exact) mass is 248 g/mol. The molecule has 0 spiro atoms. The van der Waals surface area contributed by atoms with Crippen molar-refractivity contribution in [1.82, 2.24) is 10.9 Å². The molecule has 0 radical (unpaired) electrons. The maximum absolute atomic E-state index is 10.4. The highest BCUT2D eigenvalue weighted by molar-refractivity contribution is 5.85. The van der Waals surface area contributed by atoms with Gasteiger partial charge in [-0.3, -0.25) is 0 Å². The van der Waals surface area contributed by atoms with E-state index in [0.717, 1.165) is 11.1 Å². The highest BCUT2D eigenvalue weighted by Gasteiger charge is 1.91. The molecule has 4 amide bonds. The summed E-state index contributed by atoms with van der Waals surface area (Å²) in [7, 11) is 0. The Hall–Kier alpha value is -2.90. The van der Waals surface area contributed by atoms with Gasteiger partial charge in [0.05, 0.1) is 12.4 Å². The summed E-state index contributed by atoms with van der Waals surface area (Å²) in [6, 6.07) is 5.53. The molecule has 8 heteroatoms. The van der Waals surface area contributed by atoms with Crippen molar-refractivity contribution in [3.63, 3.8) is 0 Å². The molecule has 0 atom stereocenters. The van der Waals surface area contributed by atoms with Crippen LogP contribution in [0.4, 0.5) is 9.59 Å². The van der Waals surface area contributed by atoms with E-state index in [2.05, 4.69) is 21.1 Å². The molecule has 0 saturated carbocycles. The number of rotatable bonds is 4. The van der Waals surface area contributed by atoms with Crippen molar-refractivity contribution in [1.29, 1.82) is 0 Å². The van der Waals surface area contributed by atoms with E-state index in [1.807, 2.05) is 0 Å². The Kier molecular flexibility index (Phi) is 4.85. The molecule has 0 aliphatic heterocycles. The maximum atomic E-state index is 10.4. The zero-order chi connectivity index (χ0) is 13.4. The molecule has 0 aliphatic carbocycles. The Bertz CT molecular complexity index is 435. The van der Waals surface area contributed by atoms with Crippen LogP contribution in [0.15, 0.2) is 34.5 Å². The van der Waals surface area contributed by atoms with Crippen molar-refractivity contribution in [3.8, 4) is 0 Å². The Morgan fingerprint density at radius 1 is 0.889 bits per heavy atom. The molecule has 0 aliphatic rings. The van der Waals surface area contributed by atoms with Gasteiger partial charge in [-0.25, -0.2) is 20.4 Å². The number of hydrogen-bond donors (Lipinski definition) is 4. The van der Waals surface area contributed by atoms with Crippen LogP contribution >= 0.6 is 0 Å². The van der Waals surface area contributed by atoms with Gasteiger partial charge in [0.15, 0.2) is 0 Å². The number of carbonyl (C=O) groups excluding carboxylic acids is 2. The summed E-state index contributed by atoms with van der Waals surface area (Å²) < 4.78 is 0. The van der Waals surface area contributed by atoms with Crippen molar-refractivity contribution in [2.75, 3.05) is 0 Å². The van der Waals surface area contributed by atoms with Crippen LogP contribution < -0.4 is 22.3 Å². The van der Waals surface area contributed by atoms with E-state index >= 15 is 0 Å². The van der Waals surface area contributed by atoms with Crippen LogP contribution in [-0.4, -0.2) is 24.5 Å². The molecule has 0 bridgehead atoms. The van der Waals surface area contributed by atoms with Crippen LogP contribution in [0, 0.1) is 0 Å². The van der Waals surface area contributed by atoms with Gasteiger partial charge in [0, 0.05) is 0 Å². The quantitative estimate of drug-likeness (QED) is 0.429. The van der Waals surface area contributed by atoms with E-state index in [1.54, 1.807) is 24.3 Å². The standard InChI is InChI=1S/C10H12N6O2/c11-9(17)15-13-5-7-1-2-8(4-3-7)6-14-16-10(12)18/h1-6H,(H3,11,15,17)(H3,12,16,18). The molecule has 18 heavy (non-hydrogen) atoms. The Balaban J connectivity index is 2.57. The molecule has 94 valence electrons.